The fraction of sp³-hybridized carbons (Fsp3) is 1.00. The average Bonchev–Trinajstić information content (AvgIpc) is 2.78. The second-order valence-corrected chi connectivity index (χ2v) is 8.11. The quantitative estimate of drug-likeness (QED) is 0.780. The molecule has 98 valence electrons. The van der Waals surface area contributed by atoms with E-state index in [1.165, 1.54) is 44.9 Å². The predicted molar refractivity (Wildman–Crippen MR) is 72.6 cm³/mol. The highest BCUT2D eigenvalue weighted by Crippen LogP contribution is 2.50. The Morgan fingerprint density at radius 1 is 1.29 bits per heavy atom. The minimum atomic E-state index is -0.571. The maximum atomic E-state index is 12.4. The standard InChI is InChI=1S/C14H25NOS/c1-2-11-10-17(16)13-9-14(6-3-4-7-14)8-5-12(13)15-11/h11-13,15H,2-10H2,1H3. The summed E-state index contributed by atoms with van der Waals surface area (Å²) in [5.74, 6) is 0.897. The maximum absolute atomic E-state index is 12.4. The van der Waals surface area contributed by atoms with Crippen LogP contribution in [0.4, 0.5) is 0 Å². The maximum Gasteiger partial charge on any atom is 0.0507 e. The summed E-state index contributed by atoms with van der Waals surface area (Å²) in [5, 5.41) is 4.21. The molecule has 0 aromatic carbocycles. The Morgan fingerprint density at radius 2 is 2.06 bits per heavy atom. The lowest BCUT2D eigenvalue weighted by molar-refractivity contribution is 0.163. The lowest BCUT2D eigenvalue weighted by atomic mass is 9.71. The Bertz CT molecular complexity index is 311. The summed E-state index contributed by atoms with van der Waals surface area (Å²) in [6.45, 7) is 2.20. The third kappa shape index (κ3) is 2.21. The monoisotopic (exact) mass is 255 g/mol. The van der Waals surface area contributed by atoms with E-state index in [0.29, 0.717) is 22.7 Å². The summed E-state index contributed by atoms with van der Waals surface area (Å²) in [6, 6.07) is 1.07. The van der Waals surface area contributed by atoms with Crippen LogP contribution in [0.5, 0.6) is 0 Å². The van der Waals surface area contributed by atoms with Crippen LogP contribution in [-0.4, -0.2) is 27.3 Å². The number of hydrogen-bond donors (Lipinski definition) is 1. The molecule has 0 bridgehead atoms. The van der Waals surface area contributed by atoms with Gasteiger partial charge in [0, 0.05) is 28.6 Å². The molecule has 0 radical (unpaired) electrons. The molecule has 3 aliphatic rings. The topological polar surface area (TPSA) is 29.1 Å². The van der Waals surface area contributed by atoms with E-state index in [4.69, 9.17) is 0 Å². The van der Waals surface area contributed by atoms with Gasteiger partial charge in [-0.3, -0.25) is 4.21 Å². The zero-order chi connectivity index (χ0) is 11.9. The van der Waals surface area contributed by atoms with E-state index in [1.54, 1.807) is 0 Å². The summed E-state index contributed by atoms with van der Waals surface area (Å²) in [6.07, 6.45) is 10.7. The van der Waals surface area contributed by atoms with Crippen LogP contribution >= 0.6 is 0 Å². The van der Waals surface area contributed by atoms with Crippen LogP contribution in [0.15, 0.2) is 0 Å². The first-order valence-electron chi connectivity index (χ1n) is 7.36. The molecule has 2 saturated carbocycles. The van der Waals surface area contributed by atoms with Gasteiger partial charge in [-0.25, -0.2) is 0 Å². The zero-order valence-electron chi connectivity index (χ0n) is 10.9. The molecule has 3 rings (SSSR count). The minimum Gasteiger partial charge on any atom is -0.309 e. The van der Waals surface area contributed by atoms with E-state index in [-0.39, 0.29) is 0 Å². The average molecular weight is 255 g/mol. The number of rotatable bonds is 1. The van der Waals surface area contributed by atoms with Crippen LogP contribution < -0.4 is 5.32 Å². The van der Waals surface area contributed by atoms with Crippen molar-refractivity contribution in [3.63, 3.8) is 0 Å². The van der Waals surface area contributed by atoms with Crippen molar-refractivity contribution in [2.45, 2.75) is 75.6 Å². The van der Waals surface area contributed by atoms with E-state index >= 15 is 0 Å². The highest BCUT2D eigenvalue weighted by molar-refractivity contribution is 7.85. The minimum absolute atomic E-state index is 0.463. The fourth-order valence-electron chi connectivity index (χ4n) is 4.27. The third-order valence-corrected chi connectivity index (χ3v) is 7.28. The first-order chi connectivity index (χ1) is 8.22. The number of fused-ring (bicyclic) bond motifs is 1. The molecule has 2 nitrogen and oxygen atoms in total. The molecular formula is C14H25NOS. The summed E-state index contributed by atoms with van der Waals surface area (Å²) in [5.41, 5.74) is 0.595. The van der Waals surface area contributed by atoms with Crippen molar-refractivity contribution in [2.24, 2.45) is 5.41 Å². The molecule has 0 aromatic rings. The second kappa shape index (κ2) is 4.65. The van der Waals surface area contributed by atoms with Crippen LogP contribution in [0, 0.1) is 5.41 Å². The molecule has 1 heterocycles. The SMILES string of the molecule is CCC1CS(=O)C2CC3(CCCC3)CCC2N1. The van der Waals surface area contributed by atoms with Crippen molar-refractivity contribution >= 4 is 10.8 Å². The first-order valence-corrected chi connectivity index (χ1v) is 8.74. The molecule has 3 fully saturated rings. The normalized spacial score (nSPS) is 44.8. The molecule has 1 N–H and O–H groups in total. The van der Waals surface area contributed by atoms with E-state index in [9.17, 15) is 4.21 Å². The zero-order valence-corrected chi connectivity index (χ0v) is 11.7. The van der Waals surface area contributed by atoms with Gasteiger partial charge in [-0.1, -0.05) is 19.8 Å². The lowest BCUT2D eigenvalue weighted by Gasteiger charge is -2.46. The lowest BCUT2D eigenvalue weighted by Crippen LogP contribution is -2.58. The van der Waals surface area contributed by atoms with Crippen LogP contribution in [-0.2, 0) is 10.8 Å². The van der Waals surface area contributed by atoms with Crippen molar-refractivity contribution < 1.29 is 4.21 Å². The van der Waals surface area contributed by atoms with Gasteiger partial charge in [-0.05, 0) is 43.9 Å². The van der Waals surface area contributed by atoms with Crippen molar-refractivity contribution in [3.8, 4) is 0 Å². The molecule has 1 spiro atoms. The smallest absolute Gasteiger partial charge is 0.0507 e. The van der Waals surface area contributed by atoms with Gasteiger partial charge >= 0.3 is 0 Å². The Hall–Kier alpha value is 0.110. The molecule has 1 saturated heterocycles. The highest BCUT2D eigenvalue weighted by Gasteiger charge is 2.46. The van der Waals surface area contributed by atoms with Crippen LogP contribution in [0.2, 0.25) is 0 Å². The molecule has 3 heteroatoms. The Balaban J connectivity index is 1.72. The van der Waals surface area contributed by atoms with E-state index < -0.39 is 10.8 Å². The fourth-order valence-corrected chi connectivity index (χ4v) is 6.37. The van der Waals surface area contributed by atoms with Crippen LogP contribution in [0.1, 0.15) is 58.3 Å². The van der Waals surface area contributed by atoms with E-state index in [2.05, 4.69) is 12.2 Å². The van der Waals surface area contributed by atoms with Crippen LogP contribution in [0.3, 0.4) is 0 Å². The molecule has 2 aliphatic carbocycles. The van der Waals surface area contributed by atoms with Gasteiger partial charge in [0.2, 0.25) is 0 Å². The largest absolute Gasteiger partial charge is 0.309 e. The molecule has 4 unspecified atom stereocenters. The Kier molecular flexibility index (Phi) is 3.33. The van der Waals surface area contributed by atoms with Gasteiger partial charge in [0.15, 0.2) is 0 Å². The van der Waals surface area contributed by atoms with Gasteiger partial charge in [0.05, 0.1) is 5.25 Å². The Labute approximate surface area is 107 Å². The van der Waals surface area contributed by atoms with Crippen molar-refractivity contribution in [2.75, 3.05) is 5.75 Å². The molecule has 0 aromatic heterocycles. The van der Waals surface area contributed by atoms with Gasteiger partial charge < -0.3 is 5.32 Å². The van der Waals surface area contributed by atoms with Gasteiger partial charge in [0.1, 0.15) is 0 Å². The molecular weight excluding hydrogens is 230 g/mol. The summed E-state index contributed by atoms with van der Waals surface area (Å²) in [4.78, 5) is 0. The Morgan fingerprint density at radius 3 is 2.76 bits per heavy atom. The molecule has 1 aliphatic heterocycles. The number of hydrogen-bond acceptors (Lipinski definition) is 2. The van der Waals surface area contributed by atoms with Gasteiger partial charge in [-0.2, -0.15) is 0 Å². The van der Waals surface area contributed by atoms with Crippen molar-refractivity contribution in [3.05, 3.63) is 0 Å². The first kappa shape index (κ1) is 12.2. The molecule has 0 amide bonds. The third-order valence-electron chi connectivity index (χ3n) is 5.38. The predicted octanol–water partition coefficient (Wildman–Crippen LogP) is 2.60. The highest BCUT2D eigenvalue weighted by atomic mass is 32.2. The van der Waals surface area contributed by atoms with Crippen molar-refractivity contribution in [1.29, 1.82) is 0 Å². The van der Waals surface area contributed by atoms with E-state index in [1.807, 2.05) is 0 Å². The summed E-state index contributed by atoms with van der Waals surface area (Å²) >= 11 is 0. The van der Waals surface area contributed by atoms with E-state index in [0.717, 1.165) is 12.2 Å². The van der Waals surface area contributed by atoms with Gasteiger partial charge in [-0.15, -0.1) is 0 Å². The second-order valence-electron chi connectivity index (χ2n) is 6.41. The van der Waals surface area contributed by atoms with Crippen LogP contribution in [0.25, 0.3) is 0 Å². The summed E-state index contributed by atoms with van der Waals surface area (Å²) in [7, 11) is -0.571. The number of nitrogens with one attached hydrogen (secondary N) is 1. The van der Waals surface area contributed by atoms with Gasteiger partial charge in [0.25, 0.3) is 0 Å². The molecule has 17 heavy (non-hydrogen) atoms. The summed E-state index contributed by atoms with van der Waals surface area (Å²) < 4.78 is 12.4. The van der Waals surface area contributed by atoms with Crippen molar-refractivity contribution in [1.82, 2.24) is 5.32 Å². The molecule has 4 atom stereocenters.